The van der Waals surface area contributed by atoms with E-state index in [2.05, 4.69) is 0 Å². The molecular formula is C42H71NO34. The molecule has 0 aromatic carbocycles. The Morgan fingerprint density at radius 3 is 0.455 bits per heavy atom. The Kier molecular flexibility index (Phi) is 20.8. The smallest absolute Gasteiger partial charge is 0.187 e. The molecule has 35 heteroatoms. The van der Waals surface area contributed by atoms with Gasteiger partial charge in [0, 0.05) is 6.54 Å². The third kappa shape index (κ3) is 12.1. The summed E-state index contributed by atoms with van der Waals surface area (Å²) in [5.41, 5.74) is 5.94. The van der Waals surface area contributed by atoms with E-state index in [4.69, 9.17) is 72.0 Å². The van der Waals surface area contributed by atoms with Gasteiger partial charge >= 0.3 is 0 Å². The van der Waals surface area contributed by atoms with E-state index in [9.17, 15) is 102 Å². The summed E-state index contributed by atoms with van der Waals surface area (Å²) in [5.74, 6) is 0. The lowest BCUT2D eigenvalue weighted by atomic mass is 9.95. The molecule has 0 unspecified atom stereocenters. The Labute approximate surface area is 434 Å². The molecule has 21 rings (SSSR count). The maximum absolute atomic E-state index is 11.4. The molecule has 35 nitrogen and oxygen atoms in total. The Morgan fingerprint density at radius 2 is 0.325 bits per heavy atom. The molecule has 21 fully saturated rings. The summed E-state index contributed by atoms with van der Waals surface area (Å²) in [7, 11) is 0. The van der Waals surface area contributed by atoms with Crippen LogP contribution in [0, 0.1) is 0 Å². The summed E-state index contributed by atoms with van der Waals surface area (Å²) >= 11 is 0. The van der Waals surface area contributed by atoms with Crippen molar-refractivity contribution < 1.29 is 168 Å². The van der Waals surface area contributed by atoms with Crippen molar-refractivity contribution in [3.8, 4) is 0 Å². The first-order chi connectivity index (χ1) is 36.7. The van der Waals surface area contributed by atoms with Crippen LogP contribution in [0.2, 0.25) is 0 Å². The van der Waals surface area contributed by atoms with Crippen molar-refractivity contribution in [3.05, 3.63) is 0 Å². The van der Waals surface area contributed by atoms with Crippen LogP contribution in [0.25, 0.3) is 0 Å². The fourth-order valence-electron chi connectivity index (χ4n) is 10.5. The molecule has 21 heterocycles. The van der Waals surface area contributed by atoms with Crippen molar-refractivity contribution in [2.24, 2.45) is 5.73 Å². The molecule has 0 radical (unpaired) electrons. The van der Waals surface area contributed by atoms with Gasteiger partial charge in [-0.2, -0.15) is 0 Å². The largest absolute Gasteiger partial charge is 0.394 e. The second-order valence-corrected chi connectivity index (χ2v) is 19.7. The van der Waals surface area contributed by atoms with Crippen LogP contribution in [0.15, 0.2) is 0 Å². The summed E-state index contributed by atoms with van der Waals surface area (Å²) in [4.78, 5) is 0. The van der Waals surface area contributed by atoms with Crippen LogP contribution in [-0.4, -0.2) is 363 Å². The monoisotopic (exact) mass is 1130 g/mol. The lowest BCUT2D eigenvalue weighted by molar-refractivity contribution is -0.396. The van der Waals surface area contributed by atoms with Gasteiger partial charge in [0.2, 0.25) is 0 Å². The highest BCUT2D eigenvalue weighted by Gasteiger charge is 2.59. The van der Waals surface area contributed by atoms with Crippen LogP contribution in [0.4, 0.5) is 0 Å². The number of rotatable bonds is 7. The maximum atomic E-state index is 11.4. The summed E-state index contributed by atoms with van der Waals surface area (Å²) in [6, 6.07) is 0. The van der Waals surface area contributed by atoms with E-state index in [1.807, 2.05) is 0 Å². The minimum atomic E-state index is -2.20. The number of hydrogen-bond acceptors (Lipinski definition) is 35. The topological polar surface area (TPSA) is 560 Å². The highest BCUT2D eigenvalue weighted by Crippen LogP contribution is 2.39. The van der Waals surface area contributed by atoms with Gasteiger partial charge in [-0.3, -0.25) is 0 Å². The Morgan fingerprint density at radius 1 is 0.195 bits per heavy atom. The summed E-state index contributed by atoms with van der Waals surface area (Å²) in [6.45, 7) is -6.75. The van der Waals surface area contributed by atoms with Crippen molar-refractivity contribution in [1.29, 1.82) is 0 Å². The molecule has 448 valence electrons. The van der Waals surface area contributed by atoms with Crippen molar-refractivity contribution in [3.63, 3.8) is 0 Å². The minimum absolute atomic E-state index is 0.547. The molecular weight excluding hydrogens is 1060 g/mol. The van der Waals surface area contributed by atoms with Crippen LogP contribution < -0.4 is 5.73 Å². The zero-order chi connectivity index (χ0) is 56.1. The Bertz CT molecular complexity index is 1470. The van der Waals surface area contributed by atoms with E-state index in [0.29, 0.717) is 0 Å². The molecule has 0 aliphatic carbocycles. The minimum Gasteiger partial charge on any atom is -0.394 e. The van der Waals surface area contributed by atoms with E-state index in [0.717, 1.165) is 0 Å². The summed E-state index contributed by atoms with van der Waals surface area (Å²) in [6.07, 6.45) is -69.2. The van der Waals surface area contributed by atoms with Crippen molar-refractivity contribution in [1.82, 2.24) is 0 Å². The molecule has 0 spiro atoms. The first kappa shape index (κ1) is 61.7. The van der Waals surface area contributed by atoms with Crippen molar-refractivity contribution >= 4 is 0 Å². The van der Waals surface area contributed by atoms with Crippen LogP contribution in [0.5, 0.6) is 0 Å². The molecule has 0 saturated carbocycles. The second-order valence-electron chi connectivity index (χ2n) is 19.7. The van der Waals surface area contributed by atoms with Gasteiger partial charge in [-0.25, -0.2) is 0 Å². The number of nitrogens with two attached hydrogens (primary N) is 1. The average molecular weight is 1130 g/mol. The van der Waals surface area contributed by atoms with Gasteiger partial charge < -0.3 is 174 Å². The highest BCUT2D eigenvalue weighted by atomic mass is 16.8. The number of ether oxygens (including phenoxy) is 14. The Balaban J connectivity index is 1.08. The fraction of sp³-hybridized carbons (Fsp3) is 1.00. The molecule has 22 N–H and O–H groups in total. The fourth-order valence-corrected chi connectivity index (χ4v) is 10.5. The van der Waals surface area contributed by atoms with Crippen LogP contribution in [-0.2, 0) is 66.3 Å². The normalized spacial score (nSPS) is 55.4. The molecule has 77 heavy (non-hydrogen) atoms. The van der Waals surface area contributed by atoms with Crippen LogP contribution in [0.3, 0.4) is 0 Å². The van der Waals surface area contributed by atoms with E-state index in [1.165, 1.54) is 0 Å². The molecule has 21 saturated heterocycles. The first-order valence-electron chi connectivity index (χ1n) is 24.7. The van der Waals surface area contributed by atoms with Crippen LogP contribution in [0.1, 0.15) is 0 Å². The maximum Gasteiger partial charge on any atom is 0.187 e. The SMILES string of the molecule is NC[C@H]1O[C@@H]2O[C@H]3[C@@H](O)[C@H](O)[C@@H](O[C@H]4[C@@H](O)[C@H](O)[C@@H](O[C@H]5[C@H](O)[C@@H](O)[C@@H](O[C@H]6[C@H](O)[C@@H](O)[C@@H](O[C@H]7[C@H](O)[C@@H](O)[C@@H](O[C@H]8[C@H](O)[C@@H](O)[C@@H](O[C@H]1[C@H](O)[C@H]2O)O[C@@H]8CO)O[C@@H]7CO)O[C@@H]6CO)O[C@@H]5CO)O[C@@H]4CO)O[C@@H]3CO. The molecule has 21 aliphatic heterocycles. The Hall–Kier alpha value is -1.40. The van der Waals surface area contributed by atoms with Gasteiger partial charge in [0.05, 0.1) is 39.6 Å². The predicted octanol–water partition coefficient (Wildman–Crippen LogP) is -15.3. The average Bonchev–Trinajstić information content (AvgIpc) is 3.45. The molecule has 0 aromatic heterocycles. The number of aliphatic hydroxyl groups excluding tert-OH is 20. The third-order valence-corrected chi connectivity index (χ3v) is 14.8. The zero-order valence-corrected chi connectivity index (χ0v) is 40.4. The van der Waals surface area contributed by atoms with E-state index in [-0.39, 0.29) is 0 Å². The number of aliphatic hydroxyl groups is 20. The van der Waals surface area contributed by atoms with Gasteiger partial charge in [0.15, 0.2) is 44.0 Å². The number of hydrogen-bond donors (Lipinski definition) is 21. The predicted molar refractivity (Wildman–Crippen MR) is 230 cm³/mol. The highest BCUT2D eigenvalue weighted by molar-refractivity contribution is 5.02. The van der Waals surface area contributed by atoms with E-state index >= 15 is 0 Å². The van der Waals surface area contributed by atoms with Crippen molar-refractivity contribution in [2.45, 2.75) is 215 Å². The van der Waals surface area contributed by atoms with Crippen LogP contribution >= 0.6 is 0 Å². The lowest BCUT2D eigenvalue weighted by Gasteiger charge is -2.50. The summed E-state index contributed by atoms with van der Waals surface area (Å²) < 4.78 is 79.9. The lowest BCUT2D eigenvalue weighted by Crippen LogP contribution is -2.68. The van der Waals surface area contributed by atoms with E-state index in [1.54, 1.807) is 0 Å². The molecule has 0 aromatic rings. The zero-order valence-electron chi connectivity index (χ0n) is 40.4. The standard InChI is InChI=1S/C42H71NO34/c43-1-8-29-15(50)22(57)36(64-8)72-30-9(2-44)66-38(24(59)17(30)52)74-32-11(4-46)68-40(26(61)19(32)54)76-34-13(6-48)70-42(28(63)21(34)56)77-35-14(7-49)69-41(27(62)20(35)55)75-33-12(5-47)67-39(25(60)18(33)53)73-31-10(3-45)65-37(71-29)23(58)16(31)51/h8-42,44-63H,1-7,43H2/t8-,9-,10-,11-,12-,13-,14-,15-,16-,17+,18-,19+,20-,21-,22-,23-,24+,25-,26+,27-,28-,29-,30-,31-,32-,33-,34-,35-,36-,37-,38-,39-,40-,41-,42-/m1/s1. The summed E-state index contributed by atoms with van der Waals surface area (Å²) in [5, 5.41) is 220. The molecule has 14 bridgehead atoms. The van der Waals surface area contributed by atoms with E-state index < -0.39 is 261 Å². The molecule has 35 atom stereocenters. The quantitative estimate of drug-likeness (QED) is 0.113. The third-order valence-electron chi connectivity index (χ3n) is 14.8. The molecule has 21 aliphatic rings. The van der Waals surface area contributed by atoms with Gasteiger partial charge in [-0.15, -0.1) is 0 Å². The van der Waals surface area contributed by atoms with Gasteiger partial charge in [0.1, 0.15) is 171 Å². The first-order valence-corrected chi connectivity index (χ1v) is 24.7. The van der Waals surface area contributed by atoms with Gasteiger partial charge in [-0.1, -0.05) is 0 Å². The molecule has 0 amide bonds. The van der Waals surface area contributed by atoms with Crippen molar-refractivity contribution in [2.75, 3.05) is 46.2 Å². The van der Waals surface area contributed by atoms with Gasteiger partial charge in [0.25, 0.3) is 0 Å². The second kappa shape index (κ2) is 26.0. The van der Waals surface area contributed by atoms with Gasteiger partial charge in [-0.05, 0) is 0 Å².